The number of piperidine rings is 1. The van der Waals surface area contributed by atoms with E-state index in [4.69, 9.17) is 5.11 Å². The third kappa shape index (κ3) is 4.61. The SMILES string of the molecule is CCNC(CN1CCCC(N(C)C)C1)C(=O)O. The van der Waals surface area contributed by atoms with Crippen LogP contribution in [0.25, 0.3) is 0 Å². The van der Waals surface area contributed by atoms with E-state index < -0.39 is 12.0 Å². The minimum absolute atomic E-state index is 0.444. The minimum Gasteiger partial charge on any atom is -0.480 e. The van der Waals surface area contributed by atoms with E-state index in [0.29, 0.717) is 19.1 Å². The summed E-state index contributed by atoms with van der Waals surface area (Å²) in [5, 5.41) is 12.1. The maximum atomic E-state index is 11.1. The van der Waals surface area contributed by atoms with E-state index in [2.05, 4.69) is 29.2 Å². The molecule has 2 unspecified atom stereocenters. The van der Waals surface area contributed by atoms with Gasteiger partial charge in [-0.3, -0.25) is 9.69 Å². The van der Waals surface area contributed by atoms with Crippen LogP contribution in [-0.2, 0) is 4.79 Å². The molecule has 1 saturated heterocycles. The Labute approximate surface area is 104 Å². The molecule has 100 valence electrons. The molecule has 0 aromatic heterocycles. The second-order valence-electron chi connectivity index (χ2n) is 4.97. The zero-order valence-electron chi connectivity index (χ0n) is 11.1. The molecule has 5 heteroatoms. The first-order valence-electron chi connectivity index (χ1n) is 6.39. The lowest BCUT2D eigenvalue weighted by molar-refractivity contribution is -0.140. The van der Waals surface area contributed by atoms with E-state index in [1.165, 1.54) is 6.42 Å². The van der Waals surface area contributed by atoms with Gasteiger partial charge < -0.3 is 15.3 Å². The summed E-state index contributed by atoms with van der Waals surface area (Å²) in [4.78, 5) is 15.6. The molecule has 1 rings (SSSR count). The van der Waals surface area contributed by atoms with Gasteiger partial charge in [0.05, 0.1) is 0 Å². The van der Waals surface area contributed by atoms with Crippen molar-refractivity contribution in [2.75, 3.05) is 40.3 Å². The van der Waals surface area contributed by atoms with E-state index in [9.17, 15) is 4.79 Å². The fraction of sp³-hybridized carbons (Fsp3) is 0.917. The minimum atomic E-state index is -0.751. The number of rotatable bonds is 6. The molecule has 0 aromatic carbocycles. The predicted molar refractivity (Wildman–Crippen MR) is 68.2 cm³/mol. The van der Waals surface area contributed by atoms with Crippen molar-refractivity contribution in [1.29, 1.82) is 0 Å². The standard InChI is InChI=1S/C12H25N3O2/c1-4-13-11(12(16)17)9-15-7-5-6-10(8-15)14(2)3/h10-11,13H,4-9H2,1-3H3,(H,16,17). The molecule has 0 aliphatic carbocycles. The molecule has 0 bridgehead atoms. The van der Waals surface area contributed by atoms with Crippen LogP contribution in [0.1, 0.15) is 19.8 Å². The zero-order chi connectivity index (χ0) is 12.8. The molecule has 1 aliphatic heterocycles. The van der Waals surface area contributed by atoms with Crippen LogP contribution in [0.15, 0.2) is 0 Å². The molecular weight excluding hydrogens is 218 g/mol. The van der Waals surface area contributed by atoms with Crippen molar-refractivity contribution in [2.45, 2.75) is 31.8 Å². The number of nitrogens with zero attached hydrogens (tertiary/aromatic N) is 2. The van der Waals surface area contributed by atoms with Crippen molar-refractivity contribution in [3.8, 4) is 0 Å². The zero-order valence-corrected chi connectivity index (χ0v) is 11.1. The maximum absolute atomic E-state index is 11.1. The Kier molecular flexibility index (Phi) is 5.88. The highest BCUT2D eigenvalue weighted by Gasteiger charge is 2.25. The second kappa shape index (κ2) is 6.93. The monoisotopic (exact) mass is 243 g/mol. The summed E-state index contributed by atoms with van der Waals surface area (Å²) in [7, 11) is 4.18. The Hall–Kier alpha value is -0.650. The van der Waals surface area contributed by atoms with Crippen molar-refractivity contribution < 1.29 is 9.90 Å². The second-order valence-corrected chi connectivity index (χ2v) is 4.97. The number of carboxylic acid groups (broad SMARTS) is 1. The molecule has 0 amide bonds. The van der Waals surface area contributed by atoms with Crippen LogP contribution in [0, 0.1) is 0 Å². The van der Waals surface area contributed by atoms with E-state index in [-0.39, 0.29) is 0 Å². The molecule has 5 nitrogen and oxygen atoms in total. The average molecular weight is 243 g/mol. The van der Waals surface area contributed by atoms with E-state index >= 15 is 0 Å². The van der Waals surface area contributed by atoms with Gasteiger partial charge in [-0.15, -0.1) is 0 Å². The maximum Gasteiger partial charge on any atom is 0.322 e. The highest BCUT2D eigenvalue weighted by Crippen LogP contribution is 2.13. The number of hydrogen-bond donors (Lipinski definition) is 2. The molecule has 0 saturated carbocycles. The van der Waals surface area contributed by atoms with Crippen molar-refractivity contribution in [3.63, 3.8) is 0 Å². The van der Waals surface area contributed by atoms with Crippen molar-refractivity contribution in [1.82, 2.24) is 15.1 Å². The van der Waals surface area contributed by atoms with Crippen molar-refractivity contribution in [3.05, 3.63) is 0 Å². The van der Waals surface area contributed by atoms with Crippen LogP contribution >= 0.6 is 0 Å². The van der Waals surface area contributed by atoms with Gasteiger partial charge in [0, 0.05) is 19.1 Å². The van der Waals surface area contributed by atoms with Gasteiger partial charge in [0.1, 0.15) is 6.04 Å². The lowest BCUT2D eigenvalue weighted by atomic mass is 10.0. The van der Waals surface area contributed by atoms with Crippen LogP contribution in [0.3, 0.4) is 0 Å². The summed E-state index contributed by atoms with van der Waals surface area (Å²) in [6, 6.07) is 0.112. The molecule has 1 heterocycles. The van der Waals surface area contributed by atoms with E-state index in [1.807, 2.05) is 6.92 Å². The third-order valence-corrected chi connectivity index (χ3v) is 3.40. The fourth-order valence-corrected chi connectivity index (χ4v) is 2.35. The van der Waals surface area contributed by atoms with Gasteiger partial charge in [0.25, 0.3) is 0 Å². The predicted octanol–water partition coefficient (Wildman–Crippen LogP) is 0.0751. The van der Waals surface area contributed by atoms with Gasteiger partial charge in [-0.2, -0.15) is 0 Å². The first kappa shape index (κ1) is 14.4. The van der Waals surface area contributed by atoms with Gasteiger partial charge in [-0.05, 0) is 40.0 Å². The topological polar surface area (TPSA) is 55.8 Å². The average Bonchev–Trinajstić information content (AvgIpc) is 2.28. The van der Waals surface area contributed by atoms with E-state index in [0.717, 1.165) is 19.5 Å². The molecule has 0 spiro atoms. The normalized spacial score (nSPS) is 23.9. The van der Waals surface area contributed by atoms with Crippen LogP contribution < -0.4 is 5.32 Å². The lowest BCUT2D eigenvalue weighted by Gasteiger charge is -2.37. The number of carboxylic acids is 1. The fourth-order valence-electron chi connectivity index (χ4n) is 2.35. The van der Waals surface area contributed by atoms with E-state index in [1.54, 1.807) is 0 Å². The summed E-state index contributed by atoms with van der Waals surface area (Å²) in [5.41, 5.74) is 0. The molecule has 17 heavy (non-hydrogen) atoms. The smallest absolute Gasteiger partial charge is 0.322 e. The molecule has 0 radical (unpaired) electrons. The highest BCUT2D eigenvalue weighted by atomic mass is 16.4. The van der Waals surface area contributed by atoms with Gasteiger partial charge in [-0.1, -0.05) is 6.92 Å². The molecule has 1 aliphatic rings. The van der Waals surface area contributed by atoms with Gasteiger partial charge in [-0.25, -0.2) is 0 Å². The number of carbonyl (C=O) groups is 1. The molecule has 2 N–H and O–H groups in total. The number of hydrogen-bond acceptors (Lipinski definition) is 4. The van der Waals surface area contributed by atoms with Gasteiger partial charge in [0.15, 0.2) is 0 Å². The Morgan fingerprint density at radius 3 is 2.82 bits per heavy atom. The van der Waals surface area contributed by atoms with Gasteiger partial charge in [0.2, 0.25) is 0 Å². The van der Waals surface area contributed by atoms with Gasteiger partial charge >= 0.3 is 5.97 Å². The molecular formula is C12H25N3O2. The summed E-state index contributed by atoms with van der Waals surface area (Å²) in [6.07, 6.45) is 2.36. The number of likely N-dealkylation sites (N-methyl/N-ethyl adjacent to an activating group) is 2. The summed E-state index contributed by atoms with van der Waals surface area (Å²) < 4.78 is 0. The summed E-state index contributed by atoms with van der Waals surface area (Å²) in [6.45, 7) is 5.23. The summed E-state index contributed by atoms with van der Waals surface area (Å²) >= 11 is 0. The van der Waals surface area contributed by atoms with Crippen LogP contribution in [0.5, 0.6) is 0 Å². The largest absolute Gasteiger partial charge is 0.480 e. The van der Waals surface area contributed by atoms with Crippen molar-refractivity contribution in [2.24, 2.45) is 0 Å². The van der Waals surface area contributed by atoms with Crippen LogP contribution in [0.4, 0.5) is 0 Å². The Morgan fingerprint density at radius 1 is 1.59 bits per heavy atom. The van der Waals surface area contributed by atoms with Crippen molar-refractivity contribution >= 4 is 5.97 Å². The molecule has 2 atom stereocenters. The Morgan fingerprint density at radius 2 is 2.29 bits per heavy atom. The first-order chi connectivity index (χ1) is 8.04. The quantitative estimate of drug-likeness (QED) is 0.692. The third-order valence-electron chi connectivity index (χ3n) is 3.40. The lowest BCUT2D eigenvalue weighted by Crippen LogP contribution is -2.51. The first-order valence-corrected chi connectivity index (χ1v) is 6.39. The number of nitrogens with one attached hydrogen (secondary N) is 1. The molecule has 0 aromatic rings. The molecule has 1 fully saturated rings. The Balaban J connectivity index is 2.46. The number of likely N-dealkylation sites (tertiary alicyclic amines) is 1. The Bertz CT molecular complexity index is 246. The van der Waals surface area contributed by atoms with Crippen LogP contribution in [0.2, 0.25) is 0 Å². The summed E-state index contributed by atoms with van der Waals surface area (Å²) in [5.74, 6) is -0.751. The van der Waals surface area contributed by atoms with Crippen LogP contribution in [-0.4, -0.2) is 73.2 Å². The number of aliphatic carboxylic acids is 1. The highest BCUT2D eigenvalue weighted by molar-refractivity contribution is 5.73.